The van der Waals surface area contributed by atoms with E-state index in [4.69, 9.17) is 0 Å². The summed E-state index contributed by atoms with van der Waals surface area (Å²) in [6, 6.07) is 0. The molecule has 3 heteroatoms. The molecule has 0 amide bonds. The van der Waals surface area contributed by atoms with Crippen molar-refractivity contribution in [2.75, 3.05) is 10.7 Å². The lowest BCUT2D eigenvalue weighted by Crippen LogP contribution is -2.11. The van der Waals surface area contributed by atoms with E-state index in [0.717, 1.165) is 16.6 Å². The molecule has 2 atom stereocenters. The van der Waals surface area contributed by atoms with Gasteiger partial charge in [0, 0.05) is 15.5 Å². The van der Waals surface area contributed by atoms with E-state index in [1.807, 2.05) is 0 Å². The Bertz CT molecular complexity index is 65.3. The summed E-state index contributed by atoms with van der Waals surface area (Å²) >= 11 is 10.5. The first kappa shape index (κ1) is 11.4. The van der Waals surface area contributed by atoms with E-state index >= 15 is 0 Å². The normalized spacial score (nSPS) is 16.8. The summed E-state index contributed by atoms with van der Waals surface area (Å²) in [5.41, 5.74) is 0. The maximum absolute atomic E-state index is 3.65. The maximum Gasteiger partial charge on any atom is 0.0179 e. The van der Waals surface area contributed by atoms with Crippen LogP contribution in [0.4, 0.5) is 0 Å². The maximum atomic E-state index is 3.65. The van der Waals surface area contributed by atoms with Gasteiger partial charge in [-0.15, -0.1) is 0 Å². The number of halogens is 3. The van der Waals surface area contributed by atoms with Crippen molar-refractivity contribution >= 4 is 47.8 Å². The Balaban J connectivity index is 3.38. The average molecular weight is 337 g/mol. The van der Waals surface area contributed by atoms with Crippen LogP contribution in [0, 0.1) is 5.92 Å². The molecule has 0 bridgehead atoms. The minimum atomic E-state index is 0.671. The SMILES string of the molecule is CC(CCBr)C(Br)CCBr. The van der Waals surface area contributed by atoms with Crippen LogP contribution in [0.3, 0.4) is 0 Å². The quantitative estimate of drug-likeness (QED) is 0.667. The van der Waals surface area contributed by atoms with Gasteiger partial charge in [0.05, 0.1) is 0 Å². The first-order chi connectivity index (χ1) is 4.72. The van der Waals surface area contributed by atoms with Gasteiger partial charge in [0.15, 0.2) is 0 Å². The van der Waals surface area contributed by atoms with Crippen molar-refractivity contribution in [2.24, 2.45) is 5.92 Å². The van der Waals surface area contributed by atoms with Crippen LogP contribution in [0.15, 0.2) is 0 Å². The smallest absolute Gasteiger partial charge is 0.0179 e. The molecule has 0 radical (unpaired) electrons. The van der Waals surface area contributed by atoms with Gasteiger partial charge in [-0.3, -0.25) is 0 Å². The summed E-state index contributed by atoms with van der Waals surface area (Å²) < 4.78 is 0. The molecule has 0 aromatic carbocycles. The lowest BCUT2D eigenvalue weighted by molar-refractivity contribution is 0.539. The molecule has 0 N–H and O–H groups in total. The molecule has 0 aliphatic rings. The third-order valence-electron chi connectivity index (χ3n) is 1.57. The molecule has 0 heterocycles. The van der Waals surface area contributed by atoms with Gasteiger partial charge in [0.2, 0.25) is 0 Å². The Kier molecular flexibility index (Phi) is 8.13. The van der Waals surface area contributed by atoms with Crippen LogP contribution < -0.4 is 0 Å². The minimum Gasteiger partial charge on any atom is -0.0928 e. The van der Waals surface area contributed by atoms with Gasteiger partial charge in [-0.1, -0.05) is 54.7 Å². The predicted octanol–water partition coefficient (Wildman–Crippen LogP) is 3.96. The van der Waals surface area contributed by atoms with Gasteiger partial charge in [-0.2, -0.15) is 0 Å². The Morgan fingerprint density at radius 3 is 2.00 bits per heavy atom. The van der Waals surface area contributed by atoms with Crippen LogP contribution in [0.2, 0.25) is 0 Å². The van der Waals surface area contributed by atoms with E-state index in [1.54, 1.807) is 0 Å². The highest BCUT2D eigenvalue weighted by atomic mass is 79.9. The largest absolute Gasteiger partial charge is 0.0928 e. The van der Waals surface area contributed by atoms with E-state index in [2.05, 4.69) is 54.7 Å². The van der Waals surface area contributed by atoms with E-state index in [0.29, 0.717) is 4.83 Å². The van der Waals surface area contributed by atoms with Crippen molar-refractivity contribution in [1.82, 2.24) is 0 Å². The van der Waals surface area contributed by atoms with Crippen LogP contribution in [0.1, 0.15) is 19.8 Å². The van der Waals surface area contributed by atoms with E-state index in [9.17, 15) is 0 Å². The van der Waals surface area contributed by atoms with Gasteiger partial charge in [-0.25, -0.2) is 0 Å². The molecule has 10 heavy (non-hydrogen) atoms. The number of hydrogen-bond donors (Lipinski definition) is 0. The van der Waals surface area contributed by atoms with Crippen LogP contribution in [0.25, 0.3) is 0 Å². The summed E-state index contributed by atoms with van der Waals surface area (Å²) in [6.07, 6.45) is 2.47. The highest BCUT2D eigenvalue weighted by molar-refractivity contribution is 9.10. The molecule has 0 saturated heterocycles. The lowest BCUT2D eigenvalue weighted by Gasteiger charge is -2.15. The van der Waals surface area contributed by atoms with Gasteiger partial charge < -0.3 is 0 Å². The number of hydrogen-bond acceptors (Lipinski definition) is 0. The monoisotopic (exact) mass is 334 g/mol. The second-order valence-electron chi connectivity index (χ2n) is 2.45. The van der Waals surface area contributed by atoms with Crippen molar-refractivity contribution in [3.8, 4) is 0 Å². The molecule has 0 fully saturated rings. The molecule has 0 rings (SSSR count). The fourth-order valence-electron chi connectivity index (χ4n) is 0.742. The summed E-state index contributed by atoms with van der Waals surface area (Å²) in [7, 11) is 0. The fraction of sp³-hybridized carbons (Fsp3) is 1.00. The van der Waals surface area contributed by atoms with E-state index in [-0.39, 0.29) is 0 Å². The molecule has 0 nitrogen and oxygen atoms in total. The second-order valence-corrected chi connectivity index (χ2v) is 5.21. The molecule has 0 aliphatic heterocycles. The van der Waals surface area contributed by atoms with E-state index in [1.165, 1.54) is 12.8 Å². The number of alkyl halides is 3. The zero-order valence-electron chi connectivity index (χ0n) is 6.12. The topological polar surface area (TPSA) is 0 Å². The average Bonchev–Trinajstić information content (AvgIpc) is 1.89. The molecule has 0 aliphatic carbocycles. The third-order valence-corrected chi connectivity index (χ3v) is 3.84. The molecule has 0 aromatic rings. The highest BCUT2D eigenvalue weighted by Gasteiger charge is 2.11. The van der Waals surface area contributed by atoms with Gasteiger partial charge in [-0.05, 0) is 18.8 Å². The summed E-state index contributed by atoms with van der Waals surface area (Å²) in [5, 5.41) is 2.20. The van der Waals surface area contributed by atoms with Crippen molar-refractivity contribution in [3.05, 3.63) is 0 Å². The van der Waals surface area contributed by atoms with E-state index < -0.39 is 0 Å². The molecule has 2 unspecified atom stereocenters. The van der Waals surface area contributed by atoms with Crippen molar-refractivity contribution in [3.63, 3.8) is 0 Å². The third kappa shape index (κ3) is 5.14. The van der Waals surface area contributed by atoms with Crippen molar-refractivity contribution in [1.29, 1.82) is 0 Å². The Labute approximate surface area is 88.5 Å². The van der Waals surface area contributed by atoms with Crippen LogP contribution in [-0.2, 0) is 0 Å². The second kappa shape index (κ2) is 7.11. The van der Waals surface area contributed by atoms with Gasteiger partial charge >= 0.3 is 0 Å². The van der Waals surface area contributed by atoms with Crippen molar-refractivity contribution in [2.45, 2.75) is 24.6 Å². The van der Waals surface area contributed by atoms with Crippen LogP contribution in [0.5, 0.6) is 0 Å². The zero-order chi connectivity index (χ0) is 7.98. The minimum absolute atomic E-state index is 0.671. The first-order valence-corrected chi connectivity index (χ1v) is 6.64. The molecular weight excluding hydrogens is 324 g/mol. The molecule has 0 spiro atoms. The first-order valence-electron chi connectivity index (χ1n) is 3.48. The summed E-state index contributed by atoms with van der Waals surface area (Å²) in [6.45, 7) is 2.28. The predicted molar refractivity (Wildman–Crippen MR) is 58.7 cm³/mol. The summed E-state index contributed by atoms with van der Waals surface area (Å²) in [5.74, 6) is 0.775. The number of rotatable bonds is 5. The van der Waals surface area contributed by atoms with Gasteiger partial charge in [0.1, 0.15) is 0 Å². The standard InChI is InChI=1S/C7H13Br3/c1-6(2-4-8)7(10)3-5-9/h6-7H,2-5H2,1H3. The summed E-state index contributed by atoms with van der Waals surface area (Å²) in [4.78, 5) is 0.671. The van der Waals surface area contributed by atoms with Crippen LogP contribution in [-0.4, -0.2) is 15.5 Å². The lowest BCUT2D eigenvalue weighted by atomic mass is 10.0. The van der Waals surface area contributed by atoms with Gasteiger partial charge in [0.25, 0.3) is 0 Å². The molecule has 0 aromatic heterocycles. The molecule has 0 saturated carbocycles. The Morgan fingerprint density at radius 1 is 1.10 bits per heavy atom. The Hall–Kier alpha value is 1.44. The fourth-order valence-corrected chi connectivity index (χ4v) is 3.06. The molecular formula is C7H13Br3. The Morgan fingerprint density at radius 2 is 1.60 bits per heavy atom. The van der Waals surface area contributed by atoms with Crippen LogP contribution >= 0.6 is 47.8 Å². The molecule has 62 valence electrons. The zero-order valence-corrected chi connectivity index (χ0v) is 10.9. The highest BCUT2D eigenvalue weighted by Crippen LogP contribution is 2.20. The van der Waals surface area contributed by atoms with Crippen molar-refractivity contribution < 1.29 is 0 Å².